The molecule has 0 saturated heterocycles. The van der Waals surface area contributed by atoms with Crippen molar-refractivity contribution in [2.24, 2.45) is 0 Å². The van der Waals surface area contributed by atoms with Gasteiger partial charge in [0.15, 0.2) is 4.34 Å². The molecule has 8 heteroatoms. The fourth-order valence-electron chi connectivity index (χ4n) is 3.42. The maximum Gasteiger partial charge on any atom is 0.233 e. The smallest absolute Gasteiger partial charge is 0.233 e. The number of amides is 1. The summed E-state index contributed by atoms with van der Waals surface area (Å²) in [6, 6.07) is 14.2. The van der Waals surface area contributed by atoms with Crippen LogP contribution in [0.25, 0.3) is 15.9 Å². The molecule has 0 fully saturated rings. The van der Waals surface area contributed by atoms with E-state index in [-0.39, 0.29) is 11.2 Å². The molecule has 0 bridgehead atoms. The number of aromatic nitrogens is 4. The molecule has 4 aromatic rings. The van der Waals surface area contributed by atoms with Crippen molar-refractivity contribution in [2.45, 2.75) is 43.2 Å². The molecule has 0 aliphatic rings. The van der Waals surface area contributed by atoms with Crippen LogP contribution in [-0.2, 0) is 11.2 Å². The van der Waals surface area contributed by atoms with E-state index < -0.39 is 0 Å². The SMILES string of the molecule is Cc1cccc(C)c1-n1cc(CCCNC(=O)C(C)Sc2nc3ccccc3s2)nn1. The maximum atomic E-state index is 12.5. The highest BCUT2D eigenvalue weighted by molar-refractivity contribution is 8.02. The third kappa shape index (κ3) is 5.14. The average Bonchev–Trinajstić information content (AvgIpc) is 3.37. The maximum absolute atomic E-state index is 12.5. The van der Waals surface area contributed by atoms with Crippen LogP contribution in [0.1, 0.15) is 30.2 Å². The van der Waals surface area contributed by atoms with Crippen molar-refractivity contribution in [3.63, 3.8) is 0 Å². The van der Waals surface area contributed by atoms with E-state index in [1.54, 1.807) is 11.3 Å². The lowest BCUT2D eigenvalue weighted by Crippen LogP contribution is -2.31. The summed E-state index contributed by atoms with van der Waals surface area (Å²) < 4.78 is 3.91. The van der Waals surface area contributed by atoms with Crippen LogP contribution in [0.5, 0.6) is 0 Å². The van der Waals surface area contributed by atoms with E-state index in [4.69, 9.17) is 0 Å². The predicted molar refractivity (Wildman–Crippen MR) is 127 cm³/mol. The van der Waals surface area contributed by atoms with Gasteiger partial charge in [-0.25, -0.2) is 9.67 Å². The van der Waals surface area contributed by atoms with Crippen molar-refractivity contribution in [1.82, 2.24) is 25.3 Å². The normalized spacial score (nSPS) is 12.2. The van der Waals surface area contributed by atoms with Crippen LogP contribution in [0, 0.1) is 13.8 Å². The Morgan fingerprint density at radius 3 is 2.71 bits per heavy atom. The number of hydrogen-bond acceptors (Lipinski definition) is 6. The number of hydrogen-bond donors (Lipinski definition) is 1. The van der Waals surface area contributed by atoms with Crippen LogP contribution in [-0.4, -0.2) is 37.7 Å². The highest BCUT2D eigenvalue weighted by Crippen LogP contribution is 2.31. The van der Waals surface area contributed by atoms with Crippen LogP contribution in [0.2, 0.25) is 0 Å². The minimum atomic E-state index is -0.189. The lowest BCUT2D eigenvalue weighted by molar-refractivity contribution is -0.120. The first kappa shape index (κ1) is 21.5. The molecule has 0 aliphatic heterocycles. The summed E-state index contributed by atoms with van der Waals surface area (Å²) in [4.78, 5) is 17.0. The van der Waals surface area contributed by atoms with Gasteiger partial charge in [-0.15, -0.1) is 16.4 Å². The summed E-state index contributed by atoms with van der Waals surface area (Å²) >= 11 is 3.13. The molecule has 2 aromatic carbocycles. The molecule has 2 aromatic heterocycles. The molecule has 0 spiro atoms. The van der Waals surface area contributed by atoms with Crippen LogP contribution < -0.4 is 5.32 Å². The Bertz CT molecular complexity index is 1150. The Kier molecular flexibility index (Phi) is 6.67. The number of benzene rings is 2. The Morgan fingerprint density at radius 1 is 1.16 bits per heavy atom. The van der Waals surface area contributed by atoms with Crippen molar-refractivity contribution < 1.29 is 4.79 Å². The van der Waals surface area contributed by atoms with E-state index in [9.17, 15) is 4.79 Å². The van der Waals surface area contributed by atoms with Crippen LogP contribution >= 0.6 is 23.1 Å². The zero-order valence-corrected chi connectivity index (χ0v) is 19.5. The second-order valence-electron chi connectivity index (χ2n) is 7.50. The molecule has 6 nitrogen and oxygen atoms in total. The molecule has 1 unspecified atom stereocenters. The van der Waals surface area contributed by atoms with E-state index in [1.807, 2.05) is 42.1 Å². The summed E-state index contributed by atoms with van der Waals surface area (Å²) in [6.45, 7) is 6.68. The minimum Gasteiger partial charge on any atom is -0.355 e. The zero-order chi connectivity index (χ0) is 21.8. The fourth-order valence-corrected chi connectivity index (χ4v) is 5.66. The van der Waals surface area contributed by atoms with E-state index in [1.165, 1.54) is 22.9 Å². The second-order valence-corrected chi connectivity index (χ2v) is 10.1. The number of nitrogens with one attached hydrogen (secondary N) is 1. The van der Waals surface area contributed by atoms with Gasteiger partial charge in [-0.3, -0.25) is 4.79 Å². The van der Waals surface area contributed by atoms with E-state index in [0.29, 0.717) is 6.54 Å². The Morgan fingerprint density at radius 2 is 1.94 bits per heavy atom. The number of aryl methyl sites for hydroxylation is 3. The van der Waals surface area contributed by atoms with Gasteiger partial charge in [-0.05, 0) is 56.9 Å². The average molecular weight is 452 g/mol. The fraction of sp³-hybridized carbons (Fsp3) is 0.304. The summed E-state index contributed by atoms with van der Waals surface area (Å²) in [6.07, 6.45) is 3.56. The molecule has 4 rings (SSSR count). The van der Waals surface area contributed by atoms with Gasteiger partial charge in [-0.2, -0.15) is 0 Å². The zero-order valence-electron chi connectivity index (χ0n) is 17.8. The predicted octanol–water partition coefficient (Wildman–Crippen LogP) is 4.72. The first-order chi connectivity index (χ1) is 15.0. The first-order valence-corrected chi connectivity index (χ1v) is 12.0. The first-order valence-electron chi connectivity index (χ1n) is 10.3. The molecule has 1 amide bonds. The number of thiazole rings is 1. The van der Waals surface area contributed by atoms with E-state index >= 15 is 0 Å². The lowest BCUT2D eigenvalue weighted by atomic mass is 10.1. The summed E-state index contributed by atoms with van der Waals surface area (Å²) in [5.41, 5.74) is 5.33. The van der Waals surface area contributed by atoms with Crippen molar-refractivity contribution in [1.29, 1.82) is 0 Å². The van der Waals surface area contributed by atoms with Gasteiger partial charge in [0.25, 0.3) is 0 Å². The molecular formula is C23H25N5OS2. The minimum absolute atomic E-state index is 0.0310. The number of para-hydroxylation sites is 2. The van der Waals surface area contributed by atoms with Crippen LogP contribution in [0.4, 0.5) is 0 Å². The number of rotatable bonds is 8. The Balaban J connectivity index is 1.25. The quantitative estimate of drug-likeness (QED) is 0.310. The largest absolute Gasteiger partial charge is 0.355 e. The molecule has 0 aliphatic carbocycles. The van der Waals surface area contributed by atoms with Gasteiger partial charge >= 0.3 is 0 Å². The highest BCUT2D eigenvalue weighted by atomic mass is 32.2. The summed E-state index contributed by atoms with van der Waals surface area (Å²) in [5, 5.41) is 11.4. The van der Waals surface area contributed by atoms with Crippen molar-refractivity contribution >= 4 is 39.2 Å². The monoisotopic (exact) mass is 451 g/mol. The summed E-state index contributed by atoms with van der Waals surface area (Å²) in [7, 11) is 0. The van der Waals surface area contributed by atoms with Crippen molar-refractivity contribution in [3.8, 4) is 5.69 Å². The molecule has 1 atom stereocenters. The third-order valence-corrected chi connectivity index (χ3v) is 7.27. The number of carbonyl (C=O) groups excluding carboxylic acids is 1. The highest BCUT2D eigenvalue weighted by Gasteiger charge is 2.16. The molecule has 31 heavy (non-hydrogen) atoms. The van der Waals surface area contributed by atoms with Gasteiger partial charge in [0.2, 0.25) is 5.91 Å². The van der Waals surface area contributed by atoms with Gasteiger partial charge in [-0.1, -0.05) is 47.3 Å². The van der Waals surface area contributed by atoms with E-state index in [2.05, 4.69) is 52.7 Å². The summed E-state index contributed by atoms with van der Waals surface area (Å²) in [5.74, 6) is 0.0310. The number of carbonyl (C=O) groups is 1. The lowest BCUT2D eigenvalue weighted by Gasteiger charge is -2.10. The molecule has 0 radical (unpaired) electrons. The Hall–Kier alpha value is -2.71. The van der Waals surface area contributed by atoms with Gasteiger partial charge < -0.3 is 5.32 Å². The number of thioether (sulfide) groups is 1. The molecular weight excluding hydrogens is 426 g/mol. The number of fused-ring (bicyclic) bond motifs is 1. The van der Waals surface area contributed by atoms with Crippen LogP contribution in [0.15, 0.2) is 53.0 Å². The van der Waals surface area contributed by atoms with Gasteiger partial charge in [0.1, 0.15) is 0 Å². The van der Waals surface area contributed by atoms with Crippen LogP contribution in [0.3, 0.4) is 0 Å². The van der Waals surface area contributed by atoms with Crippen molar-refractivity contribution in [3.05, 3.63) is 65.5 Å². The third-order valence-electron chi connectivity index (χ3n) is 5.04. The molecule has 2 heterocycles. The Labute approximate surface area is 190 Å². The van der Waals surface area contributed by atoms with Crippen molar-refractivity contribution in [2.75, 3.05) is 6.54 Å². The standard InChI is InChI=1S/C23H25N5OS2/c1-15-8-6-9-16(2)21(15)28-14-18(26-27-28)10-7-13-24-22(29)17(3)30-23-25-19-11-4-5-12-20(19)31-23/h4-6,8-9,11-12,14,17H,7,10,13H2,1-3H3,(H,24,29). The van der Waals surface area contributed by atoms with Gasteiger partial charge in [0, 0.05) is 6.54 Å². The number of nitrogens with zero attached hydrogens (tertiary/aromatic N) is 4. The molecule has 1 N–H and O–H groups in total. The topological polar surface area (TPSA) is 72.7 Å². The van der Waals surface area contributed by atoms with Gasteiger partial charge in [0.05, 0.1) is 33.0 Å². The molecule has 0 saturated carbocycles. The second kappa shape index (κ2) is 9.62. The van der Waals surface area contributed by atoms with E-state index in [0.717, 1.165) is 38.8 Å². The molecule has 160 valence electrons.